The highest BCUT2D eigenvalue weighted by Gasteiger charge is 2.20. The summed E-state index contributed by atoms with van der Waals surface area (Å²) in [7, 11) is -2.69. The zero-order valence-corrected chi connectivity index (χ0v) is 12.2. The van der Waals surface area contributed by atoms with E-state index in [4.69, 9.17) is 10.5 Å². The van der Waals surface area contributed by atoms with E-state index in [9.17, 15) is 17.9 Å². The Kier molecular flexibility index (Phi) is 5.73. The third kappa shape index (κ3) is 4.06. The molecule has 0 fully saturated rings. The smallest absolute Gasteiger partial charge is 0.240 e. The molecule has 0 spiro atoms. The Balaban J connectivity index is 2.93. The van der Waals surface area contributed by atoms with Crippen LogP contribution >= 0.6 is 0 Å². The van der Waals surface area contributed by atoms with Gasteiger partial charge in [0.2, 0.25) is 10.0 Å². The largest absolute Gasteiger partial charge is 0.492 e. The molecule has 20 heavy (non-hydrogen) atoms. The van der Waals surface area contributed by atoms with Crippen molar-refractivity contribution in [2.24, 2.45) is 0 Å². The molecule has 4 N–H and O–H groups in total. The number of aliphatic hydroxyl groups is 1. The number of rotatable bonds is 7. The number of ether oxygens (including phenoxy) is 1. The van der Waals surface area contributed by atoms with Crippen LogP contribution in [-0.2, 0) is 10.0 Å². The fourth-order valence-corrected chi connectivity index (χ4v) is 2.80. The SMILES string of the molecule is CCCC(O)CNS(=O)(=O)c1cc(N)c(OC)c(F)c1. The van der Waals surface area contributed by atoms with Crippen molar-refractivity contribution in [3.05, 3.63) is 17.9 Å². The molecule has 0 bridgehead atoms. The third-order valence-electron chi connectivity index (χ3n) is 2.69. The van der Waals surface area contributed by atoms with Crippen LogP contribution in [0.3, 0.4) is 0 Å². The van der Waals surface area contributed by atoms with Gasteiger partial charge in [0, 0.05) is 6.54 Å². The van der Waals surface area contributed by atoms with Crippen molar-refractivity contribution in [1.29, 1.82) is 0 Å². The predicted molar refractivity (Wildman–Crippen MR) is 73.5 cm³/mol. The average Bonchev–Trinajstić information content (AvgIpc) is 2.36. The molecule has 0 saturated heterocycles. The van der Waals surface area contributed by atoms with Gasteiger partial charge in [0.1, 0.15) is 0 Å². The highest BCUT2D eigenvalue weighted by atomic mass is 32.2. The molecule has 0 aromatic heterocycles. The van der Waals surface area contributed by atoms with Crippen molar-refractivity contribution < 1.29 is 22.7 Å². The van der Waals surface area contributed by atoms with Gasteiger partial charge in [0.15, 0.2) is 11.6 Å². The maximum absolute atomic E-state index is 13.6. The summed E-state index contributed by atoms with van der Waals surface area (Å²) in [6.45, 7) is 1.74. The number of nitrogens with two attached hydrogens (primary N) is 1. The van der Waals surface area contributed by atoms with Gasteiger partial charge in [-0.25, -0.2) is 17.5 Å². The summed E-state index contributed by atoms with van der Waals surface area (Å²) in [5.41, 5.74) is 5.42. The van der Waals surface area contributed by atoms with Gasteiger partial charge in [0.25, 0.3) is 0 Å². The Morgan fingerprint density at radius 2 is 2.15 bits per heavy atom. The van der Waals surface area contributed by atoms with E-state index in [-0.39, 0.29) is 22.9 Å². The van der Waals surface area contributed by atoms with Gasteiger partial charge in [-0.05, 0) is 18.6 Å². The standard InChI is InChI=1S/C12H19FN2O4S/c1-3-4-8(16)7-15-20(17,18)9-5-10(13)12(19-2)11(14)6-9/h5-6,8,15-16H,3-4,7,14H2,1-2H3. The number of methoxy groups -OCH3 is 1. The summed E-state index contributed by atoms with van der Waals surface area (Å²) >= 11 is 0. The molecule has 0 aliphatic carbocycles. The van der Waals surface area contributed by atoms with Crippen LogP contribution in [0.15, 0.2) is 17.0 Å². The Morgan fingerprint density at radius 1 is 1.50 bits per heavy atom. The topological polar surface area (TPSA) is 102 Å². The maximum Gasteiger partial charge on any atom is 0.240 e. The number of hydrogen-bond acceptors (Lipinski definition) is 5. The molecule has 1 aromatic rings. The Morgan fingerprint density at radius 3 is 2.65 bits per heavy atom. The summed E-state index contributed by atoms with van der Waals surface area (Å²) < 4.78 is 44.5. The number of nitrogens with one attached hydrogen (secondary N) is 1. The molecule has 0 heterocycles. The molecule has 8 heteroatoms. The van der Waals surface area contributed by atoms with E-state index in [1.54, 1.807) is 0 Å². The predicted octanol–water partition coefficient (Wildman–Crippen LogP) is 0.856. The molecule has 1 atom stereocenters. The van der Waals surface area contributed by atoms with Gasteiger partial charge in [-0.2, -0.15) is 0 Å². The van der Waals surface area contributed by atoms with Crippen molar-refractivity contribution in [3.8, 4) is 5.75 Å². The molecule has 1 unspecified atom stereocenters. The van der Waals surface area contributed by atoms with Crippen molar-refractivity contribution in [3.63, 3.8) is 0 Å². The molecule has 0 aliphatic heterocycles. The number of aliphatic hydroxyl groups excluding tert-OH is 1. The summed E-state index contributed by atoms with van der Waals surface area (Å²) in [5, 5.41) is 9.51. The van der Waals surface area contributed by atoms with Gasteiger partial charge in [-0.1, -0.05) is 13.3 Å². The first kappa shape index (κ1) is 16.7. The van der Waals surface area contributed by atoms with Crippen LogP contribution in [0.4, 0.5) is 10.1 Å². The highest BCUT2D eigenvalue weighted by Crippen LogP contribution is 2.28. The van der Waals surface area contributed by atoms with Crippen LogP contribution in [0.25, 0.3) is 0 Å². The number of anilines is 1. The van der Waals surface area contributed by atoms with E-state index in [1.165, 1.54) is 7.11 Å². The van der Waals surface area contributed by atoms with Gasteiger partial charge in [-0.3, -0.25) is 0 Å². The minimum atomic E-state index is -3.93. The molecular weight excluding hydrogens is 287 g/mol. The normalized spacial score (nSPS) is 13.2. The quantitative estimate of drug-likeness (QED) is 0.648. The zero-order valence-electron chi connectivity index (χ0n) is 11.4. The first-order chi connectivity index (χ1) is 9.31. The average molecular weight is 306 g/mol. The zero-order chi connectivity index (χ0) is 15.3. The van der Waals surface area contributed by atoms with Crippen LogP contribution < -0.4 is 15.2 Å². The van der Waals surface area contributed by atoms with Crippen molar-refractivity contribution in [2.45, 2.75) is 30.8 Å². The van der Waals surface area contributed by atoms with E-state index in [0.717, 1.165) is 18.6 Å². The van der Waals surface area contributed by atoms with Crippen LogP contribution in [0.2, 0.25) is 0 Å². The van der Waals surface area contributed by atoms with Crippen LogP contribution in [0.5, 0.6) is 5.75 Å². The van der Waals surface area contributed by atoms with Crippen molar-refractivity contribution in [1.82, 2.24) is 4.72 Å². The van der Waals surface area contributed by atoms with Gasteiger partial charge < -0.3 is 15.6 Å². The van der Waals surface area contributed by atoms with E-state index < -0.39 is 21.9 Å². The molecule has 0 amide bonds. The van der Waals surface area contributed by atoms with Crippen LogP contribution in [0.1, 0.15) is 19.8 Å². The molecule has 0 saturated carbocycles. The second-order valence-corrected chi connectivity index (χ2v) is 6.09. The number of nitrogen functional groups attached to an aromatic ring is 1. The lowest BCUT2D eigenvalue weighted by Crippen LogP contribution is -2.32. The first-order valence-corrected chi connectivity index (χ1v) is 7.60. The lowest BCUT2D eigenvalue weighted by Gasteiger charge is -2.13. The second kappa shape index (κ2) is 6.87. The number of halogens is 1. The van der Waals surface area contributed by atoms with Crippen LogP contribution in [-0.4, -0.2) is 33.3 Å². The Hall–Kier alpha value is -1.38. The second-order valence-electron chi connectivity index (χ2n) is 4.32. The summed E-state index contributed by atoms with van der Waals surface area (Å²) in [4.78, 5) is -0.308. The molecular formula is C12H19FN2O4S. The van der Waals surface area contributed by atoms with Gasteiger partial charge in [-0.15, -0.1) is 0 Å². The minimum Gasteiger partial charge on any atom is -0.492 e. The Bertz CT molecular complexity index is 540. The molecule has 1 rings (SSSR count). The minimum absolute atomic E-state index is 0.109. The fourth-order valence-electron chi connectivity index (χ4n) is 1.68. The summed E-state index contributed by atoms with van der Waals surface area (Å²) in [6.07, 6.45) is 0.421. The van der Waals surface area contributed by atoms with Gasteiger partial charge in [0.05, 0.1) is 23.8 Å². The fraction of sp³-hybridized carbons (Fsp3) is 0.500. The summed E-state index contributed by atoms with van der Waals surface area (Å²) in [5.74, 6) is -1.06. The van der Waals surface area contributed by atoms with E-state index in [2.05, 4.69) is 4.72 Å². The number of sulfonamides is 1. The van der Waals surface area contributed by atoms with Crippen LogP contribution in [0, 0.1) is 5.82 Å². The molecule has 0 radical (unpaired) electrons. The molecule has 114 valence electrons. The maximum atomic E-state index is 13.6. The summed E-state index contributed by atoms with van der Waals surface area (Å²) in [6, 6.07) is 1.93. The van der Waals surface area contributed by atoms with E-state index in [1.807, 2.05) is 6.92 Å². The van der Waals surface area contributed by atoms with Crippen molar-refractivity contribution in [2.75, 3.05) is 19.4 Å². The lowest BCUT2D eigenvalue weighted by atomic mass is 10.2. The molecule has 1 aromatic carbocycles. The van der Waals surface area contributed by atoms with E-state index in [0.29, 0.717) is 6.42 Å². The van der Waals surface area contributed by atoms with Crippen molar-refractivity contribution >= 4 is 15.7 Å². The highest BCUT2D eigenvalue weighted by molar-refractivity contribution is 7.89. The van der Waals surface area contributed by atoms with Gasteiger partial charge >= 0.3 is 0 Å². The first-order valence-electron chi connectivity index (χ1n) is 6.12. The number of hydrogen-bond donors (Lipinski definition) is 3. The van der Waals surface area contributed by atoms with E-state index >= 15 is 0 Å². The number of benzene rings is 1. The molecule has 6 nitrogen and oxygen atoms in total. The lowest BCUT2D eigenvalue weighted by molar-refractivity contribution is 0.167. The molecule has 0 aliphatic rings. The monoisotopic (exact) mass is 306 g/mol. The third-order valence-corrected chi connectivity index (χ3v) is 4.09. The Labute approximate surface area is 117 Å².